The number of carbonyl (C=O) groups excluding carboxylic acids is 9. The number of Topliss-reactive ketones (excluding diaryl/α,β-unsaturated/α-hetero) is 2. The third-order valence-electron chi connectivity index (χ3n) is 10.5. The van der Waals surface area contributed by atoms with Gasteiger partial charge in [-0.1, -0.05) is 67.3 Å². The fourth-order valence-electron chi connectivity index (χ4n) is 6.59. The Morgan fingerprint density at radius 3 is 1.31 bits per heavy atom. The van der Waals surface area contributed by atoms with Gasteiger partial charge in [0.15, 0.2) is 30.6 Å². The van der Waals surface area contributed by atoms with E-state index < -0.39 is 60.2 Å². The molecule has 0 bridgehead atoms. The lowest BCUT2D eigenvalue weighted by atomic mass is 9.95. The van der Waals surface area contributed by atoms with Gasteiger partial charge in [-0.2, -0.15) is 0 Å². The first-order valence-corrected chi connectivity index (χ1v) is 20.8. The number of carbonyl (C=O) groups is 9. The molecule has 0 saturated heterocycles. The molecule has 0 aliphatic rings. The number of benzene rings is 6. The summed E-state index contributed by atoms with van der Waals surface area (Å²) in [7, 11) is 1.31. The monoisotopic (exact) mass is 912 g/mol. The summed E-state index contributed by atoms with van der Waals surface area (Å²) < 4.78 is 10.3. The first-order valence-electron chi connectivity index (χ1n) is 20.8. The highest BCUT2D eigenvalue weighted by Crippen LogP contribution is 2.30. The highest BCUT2D eigenvalue weighted by atomic mass is 16.5. The minimum absolute atomic E-state index is 0.0883. The van der Waals surface area contributed by atoms with Gasteiger partial charge < -0.3 is 30.7 Å². The number of amides is 4. The Balaban J connectivity index is 1.23. The van der Waals surface area contributed by atoms with Crippen LogP contribution < -0.4 is 21.3 Å². The Morgan fingerprint density at radius 2 is 0.882 bits per heavy atom. The molecule has 6 aromatic rings. The summed E-state index contributed by atoms with van der Waals surface area (Å²) in [6.45, 7) is 10.6. The Morgan fingerprint density at radius 1 is 0.471 bits per heavy atom. The van der Waals surface area contributed by atoms with Crippen molar-refractivity contribution >= 4 is 80.8 Å². The summed E-state index contributed by atoms with van der Waals surface area (Å²) in [5, 5.41) is 12.3. The molecule has 15 nitrogen and oxygen atoms in total. The standard InChI is InChI=1S/C53H44N4O11/c1-29(2)45(58)27-67-52(65)39-23-19-34(25-41(39)50(63)54-6)47(60)35-20-24-40(53(66)68-28-46(59)30(3)4)42(26-35)51(64)55-36-21-17-33(18-22-36)49(62)57-44-12-8-9-37-38(44)10-7-11-43(37)56-48(61)32-15-13-31(5)14-16-32/h7-26H,1,3,27-28H2,2,4-6H3,(H,54,63)(H,55,64)(H,56,61)(H,57,62). The van der Waals surface area contributed by atoms with Gasteiger partial charge in [-0.05, 0) is 105 Å². The zero-order valence-corrected chi connectivity index (χ0v) is 37.4. The van der Waals surface area contributed by atoms with Crippen LogP contribution in [0.25, 0.3) is 10.8 Å². The quantitative estimate of drug-likeness (QED) is 0.0389. The molecule has 0 atom stereocenters. The molecule has 342 valence electrons. The van der Waals surface area contributed by atoms with E-state index in [1.165, 1.54) is 69.4 Å². The molecule has 0 spiro atoms. The van der Waals surface area contributed by atoms with Crippen LogP contribution in [-0.2, 0) is 19.1 Å². The maximum Gasteiger partial charge on any atom is 0.339 e. The summed E-state index contributed by atoms with van der Waals surface area (Å²) in [5.41, 5.74) is 1.95. The maximum atomic E-state index is 14.0. The van der Waals surface area contributed by atoms with E-state index in [-0.39, 0.29) is 61.7 Å². The molecule has 0 fully saturated rings. The number of hydrogen-bond acceptors (Lipinski definition) is 11. The fourth-order valence-corrected chi connectivity index (χ4v) is 6.59. The van der Waals surface area contributed by atoms with E-state index in [0.717, 1.165) is 17.7 Å². The van der Waals surface area contributed by atoms with Crippen LogP contribution in [0.3, 0.4) is 0 Å². The van der Waals surface area contributed by atoms with Gasteiger partial charge in [0.05, 0.1) is 22.3 Å². The van der Waals surface area contributed by atoms with Crippen LogP contribution in [0.1, 0.15) is 97.5 Å². The zero-order valence-electron chi connectivity index (χ0n) is 37.4. The van der Waals surface area contributed by atoms with E-state index in [4.69, 9.17) is 9.47 Å². The van der Waals surface area contributed by atoms with Crippen molar-refractivity contribution in [3.63, 3.8) is 0 Å². The molecular weight excluding hydrogens is 869 g/mol. The molecule has 0 unspecified atom stereocenters. The van der Waals surface area contributed by atoms with Crippen LogP contribution >= 0.6 is 0 Å². The van der Waals surface area contributed by atoms with Gasteiger partial charge in [0.25, 0.3) is 23.6 Å². The highest BCUT2D eigenvalue weighted by molar-refractivity contribution is 6.17. The second kappa shape index (κ2) is 21.3. The van der Waals surface area contributed by atoms with Crippen LogP contribution in [0.4, 0.5) is 17.1 Å². The molecule has 0 aliphatic carbocycles. The molecular formula is C53H44N4O11. The minimum atomic E-state index is -1.06. The minimum Gasteiger partial charge on any atom is -0.454 e. The lowest BCUT2D eigenvalue weighted by molar-refractivity contribution is -0.119. The number of aryl methyl sites for hydroxylation is 1. The average molecular weight is 913 g/mol. The number of rotatable bonds is 17. The van der Waals surface area contributed by atoms with Gasteiger partial charge in [-0.25, -0.2) is 9.59 Å². The second-order valence-corrected chi connectivity index (χ2v) is 15.5. The maximum absolute atomic E-state index is 14.0. The Kier molecular flexibility index (Phi) is 15.1. The van der Waals surface area contributed by atoms with Crippen molar-refractivity contribution < 1.29 is 52.6 Å². The fraction of sp³-hybridized carbons (Fsp3) is 0.113. The normalized spacial score (nSPS) is 10.5. The van der Waals surface area contributed by atoms with Crippen LogP contribution in [0.15, 0.2) is 146 Å². The van der Waals surface area contributed by atoms with Crippen molar-refractivity contribution in [3.8, 4) is 0 Å². The third-order valence-corrected chi connectivity index (χ3v) is 10.5. The molecule has 0 aromatic heterocycles. The smallest absolute Gasteiger partial charge is 0.339 e. The Bertz CT molecular complexity index is 3100. The molecule has 15 heteroatoms. The van der Waals surface area contributed by atoms with Crippen LogP contribution in [0.5, 0.6) is 0 Å². The molecule has 0 aliphatic heterocycles. The number of ketones is 3. The van der Waals surface area contributed by atoms with Gasteiger partial charge in [0, 0.05) is 57.1 Å². The molecule has 4 N–H and O–H groups in total. The van der Waals surface area contributed by atoms with E-state index >= 15 is 0 Å². The van der Waals surface area contributed by atoms with Crippen LogP contribution in [0, 0.1) is 6.92 Å². The Labute approximate surface area is 390 Å². The third kappa shape index (κ3) is 11.4. The van der Waals surface area contributed by atoms with E-state index in [9.17, 15) is 43.2 Å². The van der Waals surface area contributed by atoms with Gasteiger partial charge in [0.2, 0.25) is 0 Å². The van der Waals surface area contributed by atoms with E-state index in [2.05, 4.69) is 34.4 Å². The van der Waals surface area contributed by atoms with Crippen LogP contribution in [-0.4, -0.2) is 73.2 Å². The SMILES string of the molecule is C=C(C)C(=O)COC(=O)c1ccc(C(=O)c2ccc(C(=O)OCC(=O)C(=C)C)c(C(=O)Nc3ccc(C(=O)Nc4cccc5c(NC(=O)c6ccc(C)cc6)cccc45)cc3)c2)cc1C(=O)NC. The molecule has 0 radical (unpaired) electrons. The zero-order chi connectivity index (χ0) is 49.2. The summed E-state index contributed by atoms with van der Waals surface area (Å²) >= 11 is 0. The van der Waals surface area contributed by atoms with Crippen molar-refractivity contribution in [2.75, 3.05) is 36.2 Å². The van der Waals surface area contributed by atoms with Crippen molar-refractivity contribution in [1.29, 1.82) is 0 Å². The molecule has 68 heavy (non-hydrogen) atoms. The van der Waals surface area contributed by atoms with Crippen molar-refractivity contribution in [2.45, 2.75) is 20.8 Å². The van der Waals surface area contributed by atoms with Crippen LogP contribution in [0.2, 0.25) is 0 Å². The predicted octanol–water partition coefficient (Wildman–Crippen LogP) is 8.10. The molecule has 4 amide bonds. The number of nitrogens with one attached hydrogen (secondary N) is 4. The van der Waals surface area contributed by atoms with Gasteiger partial charge in [0.1, 0.15) is 0 Å². The van der Waals surface area contributed by atoms with Crippen molar-refractivity contribution in [1.82, 2.24) is 5.32 Å². The van der Waals surface area contributed by atoms with E-state index in [1.807, 2.05) is 31.2 Å². The molecule has 6 aromatic carbocycles. The first-order chi connectivity index (χ1) is 32.4. The molecule has 0 saturated carbocycles. The topological polar surface area (TPSA) is 220 Å². The lowest BCUT2D eigenvalue weighted by Gasteiger charge is -2.14. The summed E-state index contributed by atoms with van der Waals surface area (Å²) in [6.07, 6.45) is 0. The number of anilines is 3. The second-order valence-electron chi connectivity index (χ2n) is 15.5. The van der Waals surface area contributed by atoms with E-state index in [1.54, 1.807) is 36.4 Å². The van der Waals surface area contributed by atoms with Gasteiger partial charge >= 0.3 is 11.9 Å². The number of fused-ring (bicyclic) bond motifs is 1. The lowest BCUT2D eigenvalue weighted by Crippen LogP contribution is -2.23. The molecule has 6 rings (SSSR count). The summed E-state index contributed by atoms with van der Waals surface area (Å²) in [4.78, 5) is 118. The van der Waals surface area contributed by atoms with E-state index in [0.29, 0.717) is 27.7 Å². The largest absolute Gasteiger partial charge is 0.454 e. The van der Waals surface area contributed by atoms with Gasteiger partial charge in [-0.15, -0.1) is 0 Å². The molecule has 0 heterocycles. The number of ether oxygens (including phenoxy) is 2. The Hall–Kier alpha value is -9.11. The number of hydrogen-bond donors (Lipinski definition) is 4. The average Bonchev–Trinajstić information content (AvgIpc) is 3.34. The van der Waals surface area contributed by atoms with Crippen molar-refractivity contribution in [3.05, 3.63) is 196 Å². The van der Waals surface area contributed by atoms with Crippen molar-refractivity contribution in [2.24, 2.45) is 0 Å². The first kappa shape index (κ1) is 48.3. The summed E-state index contributed by atoms with van der Waals surface area (Å²) in [5.74, 6) is -6.25. The number of esters is 2. The predicted molar refractivity (Wildman–Crippen MR) is 255 cm³/mol. The summed E-state index contributed by atoms with van der Waals surface area (Å²) in [6, 6.07) is 30.8. The van der Waals surface area contributed by atoms with Gasteiger partial charge in [-0.3, -0.25) is 33.6 Å². The highest BCUT2D eigenvalue weighted by Gasteiger charge is 2.25.